The number of halogens is 2. The van der Waals surface area contributed by atoms with Gasteiger partial charge in [-0.1, -0.05) is 35.3 Å². The predicted molar refractivity (Wildman–Crippen MR) is 98.0 cm³/mol. The number of thioether (sulfide) groups is 1. The lowest BCUT2D eigenvalue weighted by atomic mass is 10.2. The van der Waals surface area contributed by atoms with Crippen molar-refractivity contribution in [3.8, 4) is 5.75 Å². The normalized spacial score (nSPS) is 10.4. The second-order valence-corrected chi connectivity index (χ2v) is 6.74. The highest BCUT2D eigenvalue weighted by atomic mass is 35.5. The van der Waals surface area contributed by atoms with Gasteiger partial charge in [0, 0.05) is 28.6 Å². The number of hydrogen-bond donors (Lipinski definition) is 1. The molecule has 0 aliphatic carbocycles. The Bertz CT molecular complexity index is 679. The Kier molecular flexibility index (Phi) is 7.09. The van der Waals surface area contributed by atoms with Gasteiger partial charge in [-0.15, -0.1) is 0 Å². The standard InChI is InChI=1S/C17H17Cl2NO2S/c1-22-16-6-5-13(10-15(16)19)17(21)20-7-8-23-11-12-3-2-4-14(18)9-12/h2-6,9-10H,7-8,11H2,1H3,(H,20,21). The van der Waals surface area contributed by atoms with Crippen LogP contribution in [0.5, 0.6) is 5.75 Å². The number of amides is 1. The molecule has 0 aliphatic rings. The quantitative estimate of drug-likeness (QED) is 0.720. The van der Waals surface area contributed by atoms with Crippen molar-refractivity contribution < 1.29 is 9.53 Å². The molecule has 122 valence electrons. The lowest BCUT2D eigenvalue weighted by Gasteiger charge is -2.08. The molecule has 2 rings (SSSR count). The number of rotatable bonds is 7. The molecule has 0 radical (unpaired) electrons. The molecule has 3 nitrogen and oxygen atoms in total. The lowest BCUT2D eigenvalue weighted by Crippen LogP contribution is -2.25. The second-order valence-electron chi connectivity index (χ2n) is 4.79. The van der Waals surface area contributed by atoms with Crippen LogP contribution in [-0.4, -0.2) is 25.3 Å². The fourth-order valence-corrected chi connectivity index (χ4v) is 3.24. The number of nitrogens with one attached hydrogen (secondary N) is 1. The van der Waals surface area contributed by atoms with Crippen molar-refractivity contribution in [3.05, 3.63) is 63.6 Å². The van der Waals surface area contributed by atoms with E-state index in [0.717, 1.165) is 16.5 Å². The molecule has 2 aromatic rings. The number of benzene rings is 2. The zero-order chi connectivity index (χ0) is 16.7. The summed E-state index contributed by atoms with van der Waals surface area (Å²) >= 11 is 13.7. The summed E-state index contributed by atoms with van der Waals surface area (Å²) < 4.78 is 5.07. The molecule has 1 N–H and O–H groups in total. The fourth-order valence-electron chi connectivity index (χ4n) is 1.96. The zero-order valence-corrected chi connectivity index (χ0v) is 15.0. The minimum atomic E-state index is -0.141. The maximum Gasteiger partial charge on any atom is 0.251 e. The van der Waals surface area contributed by atoms with Crippen molar-refractivity contribution in [2.24, 2.45) is 0 Å². The highest BCUT2D eigenvalue weighted by Gasteiger charge is 2.08. The Hall–Kier alpha value is -1.36. The molecule has 0 fully saturated rings. The van der Waals surface area contributed by atoms with Crippen molar-refractivity contribution in [2.45, 2.75) is 5.75 Å². The van der Waals surface area contributed by atoms with Gasteiger partial charge < -0.3 is 10.1 Å². The van der Waals surface area contributed by atoms with Crippen molar-refractivity contribution in [2.75, 3.05) is 19.4 Å². The number of carbonyl (C=O) groups is 1. The van der Waals surface area contributed by atoms with Crippen LogP contribution in [0.25, 0.3) is 0 Å². The van der Waals surface area contributed by atoms with Crippen molar-refractivity contribution in [3.63, 3.8) is 0 Å². The van der Waals surface area contributed by atoms with Gasteiger partial charge in [-0.05, 0) is 35.9 Å². The van der Waals surface area contributed by atoms with Crippen LogP contribution >= 0.6 is 35.0 Å². The van der Waals surface area contributed by atoms with Crippen LogP contribution in [0.1, 0.15) is 15.9 Å². The third-order valence-corrected chi connectivity index (χ3v) is 4.66. The van der Waals surface area contributed by atoms with Gasteiger partial charge in [0.2, 0.25) is 0 Å². The molecule has 0 bridgehead atoms. The van der Waals surface area contributed by atoms with Gasteiger partial charge in [0.15, 0.2) is 0 Å². The monoisotopic (exact) mass is 369 g/mol. The third kappa shape index (κ3) is 5.65. The molecule has 0 unspecified atom stereocenters. The average molecular weight is 370 g/mol. The van der Waals surface area contributed by atoms with Gasteiger partial charge in [-0.25, -0.2) is 0 Å². The Balaban J connectivity index is 1.73. The average Bonchev–Trinajstić information content (AvgIpc) is 2.54. The number of ether oxygens (including phenoxy) is 1. The van der Waals surface area contributed by atoms with Gasteiger partial charge in [-0.2, -0.15) is 11.8 Å². The van der Waals surface area contributed by atoms with E-state index in [-0.39, 0.29) is 5.91 Å². The summed E-state index contributed by atoms with van der Waals surface area (Å²) in [5.74, 6) is 2.10. The van der Waals surface area contributed by atoms with Crippen LogP contribution in [-0.2, 0) is 5.75 Å². The molecule has 0 aliphatic heterocycles. The first-order chi connectivity index (χ1) is 11.1. The summed E-state index contributed by atoms with van der Waals surface area (Å²) in [5, 5.41) is 4.05. The van der Waals surface area contributed by atoms with E-state index in [1.807, 2.05) is 24.3 Å². The first kappa shape index (κ1) is 18.0. The molecular formula is C17H17Cl2NO2S. The van der Waals surface area contributed by atoms with Gasteiger partial charge in [0.1, 0.15) is 5.75 Å². The van der Waals surface area contributed by atoms with E-state index >= 15 is 0 Å². The largest absolute Gasteiger partial charge is 0.495 e. The molecular weight excluding hydrogens is 353 g/mol. The van der Waals surface area contributed by atoms with Crippen molar-refractivity contribution >= 4 is 40.9 Å². The predicted octanol–water partition coefficient (Wildman–Crippen LogP) is 4.67. The van der Waals surface area contributed by atoms with Gasteiger partial charge in [-0.3, -0.25) is 4.79 Å². The Morgan fingerprint density at radius 3 is 2.74 bits per heavy atom. The first-order valence-electron chi connectivity index (χ1n) is 7.04. The highest BCUT2D eigenvalue weighted by Crippen LogP contribution is 2.24. The van der Waals surface area contributed by atoms with Crippen LogP contribution < -0.4 is 10.1 Å². The fraction of sp³-hybridized carbons (Fsp3) is 0.235. The summed E-state index contributed by atoms with van der Waals surface area (Å²) in [6, 6.07) is 12.8. The van der Waals surface area contributed by atoms with Crippen molar-refractivity contribution in [1.29, 1.82) is 0 Å². The van der Waals surface area contributed by atoms with Gasteiger partial charge in [0.05, 0.1) is 12.1 Å². The van der Waals surface area contributed by atoms with E-state index in [1.54, 1.807) is 30.0 Å². The number of hydrogen-bond acceptors (Lipinski definition) is 3. The third-order valence-electron chi connectivity index (χ3n) is 3.10. The zero-order valence-electron chi connectivity index (χ0n) is 12.6. The minimum Gasteiger partial charge on any atom is -0.495 e. The maximum atomic E-state index is 12.0. The SMILES string of the molecule is COc1ccc(C(=O)NCCSCc2cccc(Cl)c2)cc1Cl. The molecule has 0 saturated carbocycles. The van der Waals surface area contributed by atoms with Gasteiger partial charge in [0.25, 0.3) is 5.91 Å². The lowest BCUT2D eigenvalue weighted by molar-refractivity contribution is 0.0956. The minimum absolute atomic E-state index is 0.141. The second kappa shape index (κ2) is 9.06. The topological polar surface area (TPSA) is 38.3 Å². The molecule has 23 heavy (non-hydrogen) atoms. The smallest absolute Gasteiger partial charge is 0.251 e. The van der Waals surface area contributed by atoms with E-state index in [2.05, 4.69) is 5.32 Å². The van der Waals surface area contributed by atoms with E-state index in [0.29, 0.717) is 22.9 Å². The summed E-state index contributed by atoms with van der Waals surface area (Å²) in [7, 11) is 1.54. The Morgan fingerprint density at radius 2 is 2.04 bits per heavy atom. The molecule has 6 heteroatoms. The van der Waals surface area contributed by atoms with E-state index in [4.69, 9.17) is 27.9 Å². The Morgan fingerprint density at radius 1 is 1.22 bits per heavy atom. The Labute approximate surface area is 150 Å². The van der Waals surface area contributed by atoms with Crippen molar-refractivity contribution in [1.82, 2.24) is 5.32 Å². The van der Waals surface area contributed by atoms with E-state index in [9.17, 15) is 4.79 Å². The van der Waals surface area contributed by atoms with Gasteiger partial charge >= 0.3 is 0 Å². The summed E-state index contributed by atoms with van der Waals surface area (Å²) in [6.45, 7) is 0.591. The van der Waals surface area contributed by atoms with Crippen LogP contribution in [0, 0.1) is 0 Å². The molecule has 1 amide bonds. The summed E-state index contributed by atoms with van der Waals surface area (Å²) in [6.07, 6.45) is 0. The van der Waals surface area contributed by atoms with Crippen LogP contribution in [0.3, 0.4) is 0 Å². The van der Waals surface area contributed by atoms with E-state index in [1.165, 1.54) is 12.7 Å². The van der Waals surface area contributed by atoms with Crippen LogP contribution in [0.2, 0.25) is 10.0 Å². The summed E-state index contributed by atoms with van der Waals surface area (Å²) in [5.41, 5.74) is 1.70. The number of carbonyl (C=O) groups excluding carboxylic acids is 1. The molecule has 0 spiro atoms. The first-order valence-corrected chi connectivity index (χ1v) is 8.95. The van der Waals surface area contributed by atoms with Crippen LogP contribution in [0.15, 0.2) is 42.5 Å². The highest BCUT2D eigenvalue weighted by molar-refractivity contribution is 7.98. The molecule has 0 aromatic heterocycles. The molecule has 0 heterocycles. The molecule has 0 atom stereocenters. The molecule has 0 saturated heterocycles. The molecule has 2 aromatic carbocycles. The maximum absolute atomic E-state index is 12.0. The summed E-state index contributed by atoms with van der Waals surface area (Å²) in [4.78, 5) is 12.0. The number of methoxy groups -OCH3 is 1. The van der Waals surface area contributed by atoms with E-state index < -0.39 is 0 Å². The van der Waals surface area contributed by atoms with Crippen LogP contribution in [0.4, 0.5) is 0 Å².